The molecule has 19 heavy (non-hydrogen) atoms. The number of carbonyl (C=O) groups is 1. The van der Waals surface area contributed by atoms with Gasteiger partial charge in [-0.3, -0.25) is 4.79 Å². The second kappa shape index (κ2) is 6.25. The average molecular weight is 266 g/mol. The third-order valence-electron chi connectivity index (χ3n) is 5.52. The Hall–Kier alpha value is -0.570. The Morgan fingerprint density at radius 1 is 1.26 bits per heavy atom. The van der Waals surface area contributed by atoms with Crippen LogP contribution >= 0.6 is 0 Å². The third-order valence-corrected chi connectivity index (χ3v) is 5.52. The molecule has 3 nitrogen and oxygen atoms in total. The summed E-state index contributed by atoms with van der Waals surface area (Å²) in [7, 11) is 0. The molecule has 3 atom stereocenters. The molecule has 0 aliphatic heterocycles. The van der Waals surface area contributed by atoms with Crippen molar-refractivity contribution in [3.63, 3.8) is 0 Å². The van der Waals surface area contributed by atoms with E-state index in [0.29, 0.717) is 12.0 Å². The first-order chi connectivity index (χ1) is 9.08. The maximum Gasteiger partial charge on any atom is 0.227 e. The molecule has 0 heterocycles. The normalized spacial score (nSPS) is 34.2. The molecule has 0 spiro atoms. The highest BCUT2D eigenvalue weighted by Gasteiger charge is 2.43. The highest BCUT2D eigenvalue weighted by Crippen LogP contribution is 2.37. The topological polar surface area (TPSA) is 55.1 Å². The van der Waals surface area contributed by atoms with Gasteiger partial charge in [0.1, 0.15) is 0 Å². The fourth-order valence-electron chi connectivity index (χ4n) is 3.90. The molecule has 2 saturated carbocycles. The molecule has 0 saturated heterocycles. The first-order valence-corrected chi connectivity index (χ1v) is 8.14. The van der Waals surface area contributed by atoms with Gasteiger partial charge in [-0.1, -0.05) is 32.6 Å². The van der Waals surface area contributed by atoms with Crippen LogP contribution in [0, 0.1) is 11.3 Å². The molecule has 2 aliphatic rings. The van der Waals surface area contributed by atoms with E-state index >= 15 is 0 Å². The van der Waals surface area contributed by atoms with Crippen molar-refractivity contribution in [1.29, 1.82) is 0 Å². The second-order valence-electron chi connectivity index (χ2n) is 6.80. The van der Waals surface area contributed by atoms with Gasteiger partial charge in [-0.25, -0.2) is 0 Å². The zero-order chi connectivity index (χ0) is 13.9. The van der Waals surface area contributed by atoms with E-state index in [4.69, 9.17) is 5.73 Å². The summed E-state index contributed by atoms with van der Waals surface area (Å²) in [6.07, 6.45) is 10.6. The molecular formula is C16H30N2O. The van der Waals surface area contributed by atoms with Crippen molar-refractivity contribution in [2.75, 3.05) is 0 Å². The van der Waals surface area contributed by atoms with E-state index in [1.165, 1.54) is 32.1 Å². The van der Waals surface area contributed by atoms with Crippen LogP contribution in [0.25, 0.3) is 0 Å². The predicted molar refractivity (Wildman–Crippen MR) is 78.7 cm³/mol. The summed E-state index contributed by atoms with van der Waals surface area (Å²) < 4.78 is 0. The summed E-state index contributed by atoms with van der Waals surface area (Å²) in [6, 6.07) is 0.397. The van der Waals surface area contributed by atoms with Crippen molar-refractivity contribution in [2.24, 2.45) is 17.1 Å². The molecule has 0 radical (unpaired) electrons. The van der Waals surface area contributed by atoms with Gasteiger partial charge in [-0.2, -0.15) is 0 Å². The van der Waals surface area contributed by atoms with E-state index in [0.717, 1.165) is 25.7 Å². The maximum atomic E-state index is 12.6. The lowest BCUT2D eigenvalue weighted by Crippen LogP contribution is -2.52. The van der Waals surface area contributed by atoms with E-state index in [1.54, 1.807) is 0 Å². The summed E-state index contributed by atoms with van der Waals surface area (Å²) in [4.78, 5) is 12.6. The van der Waals surface area contributed by atoms with E-state index in [-0.39, 0.29) is 17.4 Å². The van der Waals surface area contributed by atoms with E-state index < -0.39 is 0 Å². The number of nitrogens with one attached hydrogen (secondary N) is 1. The SMILES string of the molecule is CCC(NC(=O)C1(C)CCCC1N)C1CCCCC1. The molecule has 0 bridgehead atoms. The number of rotatable bonds is 4. The molecule has 0 aromatic rings. The summed E-state index contributed by atoms with van der Waals surface area (Å²) in [6.45, 7) is 4.24. The Balaban J connectivity index is 1.95. The predicted octanol–water partition coefficient (Wildman–Crippen LogP) is 2.98. The Morgan fingerprint density at radius 2 is 1.95 bits per heavy atom. The van der Waals surface area contributed by atoms with Crippen molar-refractivity contribution < 1.29 is 4.79 Å². The molecule has 2 aliphatic carbocycles. The molecule has 110 valence electrons. The molecule has 3 heteroatoms. The fraction of sp³-hybridized carbons (Fsp3) is 0.938. The number of carbonyl (C=O) groups excluding carboxylic acids is 1. The largest absolute Gasteiger partial charge is 0.353 e. The fourth-order valence-corrected chi connectivity index (χ4v) is 3.90. The minimum atomic E-state index is -0.331. The number of amides is 1. The number of nitrogens with two attached hydrogens (primary N) is 1. The van der Waals surface area contributed by atoms with Gasteiger partial charge in [-0.15, -0.1) is 0 Å². The maximum absolute atomic E-state index is 12.6. The Morgan fingerprint density at radius 3 is 2.47 bits per heavy atom. The molecule has 3 N–H and O–H groups in total. The van der Waals surface area contributed by atoms with Crippen LogP contribution in [0.4, 0.5) is 0 Å². The van der Waals surface area contributed by atoms with Gasteiger partial charge in [0.25, 0.3) is 0 Å². The monoisotopic (exact) mass is 266 g/mol. The van der Waals surface area contributed by atoms with Crippen LogP contribution in [-0.4, -0.2) is 18.0 Å². The van der Waals surface area contributed by atoms with E-state index in [2.05, 4.69) is 12.2 Å². The van der Waals surface area contributed by atoms with Crippen LogP contribution in [0.3, 0.4) is 0 Å². The highest BCUT2D eigenvalue weighted by atomic mass is 16.2. The highest BCUT2D eigenvalue weighted by molar-refractivity contribution is 5.83. The molecule has 1 amide bonds. The van der Waals surface area contributed by atoms with Crippen LogP contribution in [-0.2, 0) is 4.79 Å². The van der Waals surface area contributed by atoms with Crippen molar-refractivity contribution in [3.05, 3.63) is 0 Å². The van der Waals surface area contributed by atoms with Gasteiger partial charge in [0.15, 0.2) is 0 Å². The molecule has 0 aromatic carbocycles. The molecule has 3 unspecified atom stereocenters. The smallest absolute Gasteiger partial charge is 0.227 e. The third kappa shape index (κ3) is 3.13. The van der Waals surface area contributed by atoms with Gasteiger partial charge < -0.3 is 11.1 Å². The zero-order valence-corrected chi connectivity index (χ0v) is 12.6. The summed E-state index contributed by atoms with van der Waals surface area (Å²) in [5.41, 5.74) is 5.82. The van der Waals surface area contributed by atoms with Gasteiger partial charge in [0, 0.05) is 12.1 Å². The lowest BCUT2D eigenvalue weighted by atomic mass is 9.80. The van der Waals surface area contributed by atoms with Crippen LogP contribution in [0.5, 0.6) is 0 Å². The first kappa shape index (κ1) is 14.8. The minimum Gasteiger partial charge on any atom is -0.353 e. The van der Waals surface area contributed by atoms with Gasteiger partial charge in [0.05, 0.1) is 5.41 Å². The van der Waals surface area contributed by atoms with E-state index in [9.17, 15) is 4.79 Å². The lowest BCUT2D eigenvalue weighted by molar-refractivity contribution is -0.131. The van der Waals surface area contributed by atoms with Gasteiger partial charge in [-0.05, 0) is 44.9 Å². The van der Waals surface area contributed by atoms with Crippen molar-refractivity contribution in [3.8, 4) is 0 Å². The Bertz CT molecular complexity index is 312. The number of hydrogen-bond donors (Lipinski definition) is 2. The summed E-state index contributed by atoms with van der Waals surface area (Å²) in [5, 5.41) is 3.33. The molecule has 2 fully saturated rings. The van der Waals surface area contributed by atoms with Crippen LogP contribution in [0.2, 0.25) is 0 Å². The van der Waals surface area contributed by atoms with Gasteiger partial charge >= 0.3 is 0 Å². The molecule has 2 rings (SSSR count). The average Bonchev–Trinajstić information content (AvgIpc) is 2.78. The quantitative estimate of drug-likeness (QED) is 0.822. The van der Waals surface area contributed by atoms with Crippen LogP contribution < -0.4 is 11.1 Å². The summed E-state index contributed by atoms with van der Waals surface area (Å²) in [5.74, 6) is 0.888. The van der Waals surface area contributed by atoms with Gasteiger partial charge in [0.2, 0.25) is 5.91 Å². The van der Waals surface area contributed by atoms with Crippen molar-refractivity contribution in [1.82, 2.24) is 5.32 Å². The molecule has 0 aromatic heterocycles. The Labute approximate surface area is 117 Å². The second-order valence-corrected chi connectivity index (χ2v) is 6.80. The molecular weight excluding hydrogens is 236 g/mol. The minimum absolute atomic E-state index is 0.0383. The lowest BCUT2D eigenvalue weighted by Gasteiger charge is -2.34. The van der Waals surface area contributed by atoms with Crippen LogP contribution in [0.1, 0.15) is 71.6 Å². The summed E-state index contributed by atoms with van der Waals surface area (Å²) >= 11 is 0. The van der Waals surface area contributed by atoms with Crippen molar-refractivity contribution >= 4 is 5.91 Å². The van der Waals surface area contributed by atoms with E-state index in [1.807, 2.05) is 6.92 Å². The standard InChI is InChI=1S/C16H30N2O/c1-3-13(12-8-5-4-6-9-12)18-15(19)16(2)11-7-10-14(16)17/h12-14H,3-11,17H2,1-2H3,(H,18,19). The first-order valence-electron chi connectivity index (χ1n) is 8.14. The number of hydrogen-bond acceptors (Lipinski definition) is 2. The zero-order valence-electron chi connectivity index (χ0n) is 12.6. The van der Waals surface area contributed by atoms with Crippen LogP contribution in [0.15, 0.2) is 0 Å². The van der Waals surface area contributed by atoms with Crippen molar-refractivity contribution in [2.45, 2.75) is 83.7 Å². The Kier molecular flexibility index (Phi) is 4.88.